The number of imidazole rings is 1. The van der Waals surface area contributed by atoms with E-state index in [4.69, 9.17) is 9.47 Å². The zero-order chi connectivity index (χ0) is 16.9. The van der Waals surface area contributed by atoms with Crippen molar-refractivity contribution in [1.82, 2.24) is 4.57 Å². The summed E-state index contributed by atoms with van der Waals surface area (Å²) in [4.78, 5) is 0. The molecule has 0 saturated heterocycles. The third kappa shape index (κ3) is 3.51. The van der Waals surface area contributed by atoms with Gasteiger partial charge in [-0.15, -0.1) is 0 Å². The van der Waals surface area contributed by atoms with Gasteiger partial charge in [-0.25, -0.2) is 9.13 Å². The van der Waals surface area contributed by atoms with E-state index in [1.54, 1.807) is 7.11 Å². The predicted octanol–water partition coefficient (Wildman–Crippen LogP) is 2.40. The summed E-state index contributed by atoms with van der Waals surface area (Å²) in [5.74, 6) is 1.50. The molecule has 0 fully saturated rings. The summed E-state index contributed by atoms with van der Waals surface area (Å²) in [6, 6.07) is 15.6. The van der Waals surface area contributed by atoms with E-state index in [1.807, 2.05) is 42.7 Å². The van der Waals surface area contributed by atoms with E-state index in [-0.39, 0.29) is 6.61 Å². The second-order valence-corrected chi connectivity index (χ2v) is 5.68. The summed E-state index contributed by atoms with van der Waals surface area (Å²) >= 11 is 0. The van der Waals surface area contributed by atoms with Gasteiger partial charge in [0.1, 0.15) is 30.8 Å². The van der Waals surface area contributed by atoms with Crippen LogP contribution in [0.5, 0.6) is 11.5 Å². The number of ether oxygens (including phenoxy) is 2. The monoisotopic (exact) mass is 327 g/mol. The number of aliphatic hydroxyl groups is 1. The number of rotatable bonds is 7. The molecule has 1 heterocycles. The Morgan fingerprint density at radius 3 is 2.50 bits per heavy atom. The maximum Gasteiger partial charge on any atom is 0.244 e. The standard InChI is InChI=1S/C19H23N2O3/c1-3-20-14-21(19-7-5-4-6-18(19)20)12-15(22)13-24-17-10-8-16(23-2)9-11-17/h4-11,14-15,22H,3,12-13H2,1-2H3/q+1/t15-/m1/s1. The van der Waals surface area contributed by atoms with Gasteiger partial charge in [0.15, 0.2) is 11.0 Å². The fourth-order valence-corrected chi connectivity index (χ4v) is 2.78. The zero-order valence-corrected chi connectivity index (χ0v) is 14.1. The van der Waals surface area contributed by atoms with Gasteiger partial charge in [-0.2, -0.15) is 0 Å². The third-order valence-electron chi connectivity index (χ3n) is 4.03. The number of aliphatic hydroxyl groups excluding tert-OH is 1. The Morgan fingerprint density at radius 1 is 1.08 bits per heavy atom. The number of methoxy groups -OCH3 is 1. The van der Waals surface area contributed by atoms with Crippen molar-refractivity contribution in [3.63, 3.8) is 0 Å². The Morgan fingerprint density at radius 2 is 1.79 bits per heavy atom. The highest BCUT2D eigenvalue weighted by Crippen LogP contribution is 2.17. The average molecular weight is 327 g/mol. The maximum atomic E-state index is 10.3. The lowest BCUT2D eigenvalue weighted by Gasteiger charge is -2.11. The van der Waals surface area contributed by atoms with Crippen molar-refractivity contribution in [1.29, 1.82) is 0 Å². The van der Waals surface area contributed by atoms with Gasteiger partial charge in [0.2, 0.25) is 6.33 Å². The summed E-state index contributed by atoms with van der Waals surface area (Å²) in [6.45, 7) is 3.74. The number of hydrogen-bond donors (Lipinski definition) is 1. The van der Waals surface area contributed by atoms with Crippen LogP contribution >= 0.6 is 0 Å². The highest BCUT2D eigenvalue weighted by Gasteiger charge is 2.17. The molecule has 0 aliphatic rings. The van der Waals surface area contributed by atoms with Crippen LogP contribution < -0.4 is 14.0 Å². The number of aryl methyl sites for hydroxylation is 1. The van der Waals surface area contributed by atoms with Crippen molar-refractivity contribution >= 4 is 11.0 Å². The van der Waals surface area contributed by atoms with Crippen molar-refractivity contribution < 1.29 is 19.1 Å². The van der Waals surface area contributed by atoms with E-state index < -0.39 is 6.10 Å². The van der Waals surface area contributed by atoms with Gasteiger partial charge in [0.05, 0.1) is 13.7 Å². The fourth-order valence-electron chi connectivity index (χ4n) is 2.78. The van der Waals surface area contributed by atoms with Crippen LogP contribution in [0.1, 0.15) is 6.92 Å². The number of benzene rings is 2. The van der Waals surface area contributed by atoms with Gasteiger partial charge in [-0.3, -0.25) is 0 Å². The highest BCUT2D eigenvalue weighted by molar-refractivity contribution is 5.71. The van der Waals surface area contributed by atoms with Crippen molar-refractivity contribution in [3.8, 4) is 11.5 Å². The lowest BCUT2D eigenvalue weighted by Crippen LogP contribution is -2.41. The summed E-state index contributed by atoms with van der Waals surface area (Å²) in [5.41, 5.74) is 2.28. The van der Waals surface area contributed by atoms with Gasteiger partial charge in [-0.05, 0) is 43.3 Å². The third-order valence-corrected chi connectivity index (χ3v) is 4.03. The summed E-state index contributed by atoms with van der Waals surface area (Å²) in [7, 11) is 1.63. The fraction of sp³-hybridized carbons (Fsp3) is 0.316. The molecule has 1 aromatic heterocycles. The molecule has 24 heavy (non-hydrogen) atoms. The number of aromatic nitrogens is 2. The number of fused-ring (bicyclic) bond motifs is 1. The molecule has 126 valence electrons. The number of nitrogens with zero attached hydrogens (tertiary/aromatic N) is 2. The van der Waals surface area contributed by atoms with Gasteiger partial charge in [-0.1, -0.05) is 12.1 Å². The van der Waals surface area contributed by atoms with E-state index in [2.05, 4.69) is 28.2 Å². The van der Waals surface area contributed by atoms with Crippen LogP contribution in [0.4, 0.5) is 0 Å². The smallest absolute Gasteiger partial charge is 0.244 e. The largest absolute Gasteiger partial charge is 0.497 e. The van der Waals surface area contributed by atoms with Crippen LogP contribution in [0.3, 0.4) is 0 Å². The molecule has 3 aromatic rings. The van der Waals surface area contributed by atoms with Crippen LogP contribution in [0.2, 0.25) is 0 Å². The zero-order valence-electron chi connectivity index (χ0n) is 14.1. The Kier molecular flexibility index (Phi) is 5.01. The van der Waals surface area contributed by atoms with Crippen LogP contribution in [-0.2, 0) is 13.1 Å². The molecule has 5 nitrogen and oxygen atoms in total. The molecule has 2 aromatic carbocycles. The van der Waals surface area contributed by atoms with Crippen LogP contribution in [0.15, 0.2) is 54.9 Å². The molecule has 0 aliphatic carbocycles. The van der Waals surface area contributed by atoms with E-state index in [0.717, 1.165) is 23.6 Å². The summed E-state index contributed by atoms with van der Waals surface area (Å²) in [6.07, 6.45) is 1.45. The lowest BCUT2D eigenvalue weighted by atomic mass is 10.3. The summed E-state index contributed by atoms with van der Waals surface area (Å²) < 4.78 is 15.0. The Labute approximate surface area is 141 Å². The molecule has 0 bridgehead atoms. The molecular weight excluding hydrogens is 304 g/mol. The molecule has 0 saturated carbocycles. The first kappa shape index (κ1) is 16.3. The average Bonchev–Trinajstić information content (AvgIpc) is 2.98. The van der Waals surface area contributed by atoms with E-state index >= 15 is 0 Å². The van der Waals surface area contributed by atoms with E-state index in [0.29, 0.717) is 6.54 Å². The van der Waals surface area contributed by atoms with E-state index in [9.17, 15) is 5.11 Å². The molecule has 5 heteroatoms. The topological polar surface area (TPSA) is 47.5 Å². The quantitative estimate of drug-likeness (QED) is 0.678. The summed E-state index contributed by atoms with van der Waals surface area (Å²) in [5, 5.41) is 10.3. The Hall–Kier alpha value is -2.53. The second kappa shape index (κ2) is 7.36. The van der Waals surface area contributed by atoms with Gasteiger partial charge in [0.25, 0.3) is 0 Å². The van der Waals surface area contributed by atoms with Crippen molar-refractivity contribution in [2.75, 3.05) is 13.7 Å². The molecule has 1 N–H and O–H groups in total. The van der Waals surface area contributed by atoms with Gasteiger partial charge >= 0.3 is 0 Å². The Bertz CT molecular complexity index is 796. The van der Waals surface area contributed by atoms with Crippen LogP contribution in [-0.4, -0.2) is 29.5 Å². The molecule has 0 radical (unpaired) electrons. The van der Waals surface area contributed by atoms with Crippen LogP contribution in [0.25, 0.3) is 11.0 Å². The molecular formula is C19H23N2O3+. The first-order valence-electron chi connectivity index (χ1n) is 8.13. The van der Waals surface area contributed by atoms with Crippen molar-refractivity contribution in [2.45, 2.75) is 26.1 Å². The van der Waals surface area contributed by atoms with E-state index in [1.165, 1.54) is 5.52 Å². The second-order valence-electron chi connectivity index (χ2n) is 5.68. The normalized spacial score (nSPS) is 12.3. The SMILES string of the molecule is CCn1c[n+](C[C@@H](O)COc2ccc(OC)cc2)c2ccccc21. The molecule has 3 rings (SSSR count). The van der Waals surface area contributed by atoms with Gasteiger partial charge < -0.3 is 14.6 Å². The maximum absolute atomic E-state index is 10.3. The number of para-hydroxylation sites is 2. The van der Waals surface area contributed by atoms with Crippen molar-refractivity contribution in [3.05, 3.63) is 54.9 Å². The molecule has 1 atom stereocenters. The Balaban J connectivity index is 1.65. The first-order valence-corrected chi connectivity index (χ1v) is 8.13. The number of hydrogen-bond acceptors (Lipinski definition) is 3. The predicted molar refractivity (Wildman–Crippen MR) is 92.3 cm³/mol. The minimum Gasteiger partial charge on any atom is -0.497 e. The molecule has 0 aliphatic heterocycles. The highest BCUT2D eigenvalue weighted by atomic mass is 16.5. The first-order chi connectivity index (χ1) is 11.7. The van der Waals surface area contributed by atoms with Gasteiger partial charge in [0, 0.05) is 0 Å². The van der Waals surface area contributed by atoms with Crippen molar-refractivity contribution in [2.24, 2.45) is 0 Å². The minimum atomic E-state index is -0.590. The molecule has 0 unspecified atom stereocenters. The van der Waals surface area contributed by atoms with Crippen LogP contribution in [0, 0.1) is 0 Å². The lowest BCUT2D eigenvalue weighted by molar-refractivity contribution is -0.679. The molecule has 0 spiro atoms. The molecule has 0 amide bonds. The minimum absolute atomic E-state index is 0.241.